The van der Waals surface area contributed by atoms with Gasteiger partial charge in [0.25, 0.3) is 5.96 Å². The molecule has 0 aromatic rings. The predicted molar refractivity (Wildman–Crippen MR) is 44.8 cm³/mol. The van der Waals surface area contributed by atoms with Crippen LogP contribution >= 0.6 is 0 Å². The molecule has 0 rings (SSSR count). The fourth-order valence-corrected chi connectivity index (χ4v) is 0.193. The van der Waals surface area contributed by atoms with Crippen molar-refractivity contribution in [2.75, 3.05) is 0 Å². The lowest BCUT2D eigenvalue weighted by molar-refractivity contribution is -0.525. The molecule has 0 unspecified atom stereocenters. The van der Waals surface area contributed by atoms with Crippen LogP contribution in [0.2, 0.25) is 0 Å². The Morgan fingerprint density at radius 1 is 1.29 bits per heavy atom. The third-order valence-electron chi connectivity index (χ3n) is 0.409. The molecule has 80 valence electrons. The van der Waals surface area contributed by atoms with Crippen molar-refractivity contribution in [2.24, 2.45) is 22.3 Å². The second-order valence-corrected chi connectivity index (χ2v) is 1.55. The van der Waals surface area contributed by atoms with Gasteiger partial charge in [-0.2, -0.15) is 0 Å². The second-order valence-electron chi connectivity index (χ2n) is 1.55. The van der Waals surface area contributed by atoms with Crippen LogP contribution < -0.4 is 22.6 Å². The molecule has 0 bridgehead atoms. The van der Waals surface area contributed by atoms with Crippen molar-refractivity contribution in [1.29, 1.82) is 5.41 Å². The normalized spacial score (nSPS) is 7.43. The highest BCUT2D eigenvalue weighted by Gasteiger charge is 1.91. The lowest BCUT2D eigenvalue weighted by Crippen LogP contribution is -2.34. The van der Waals surface area contributed by atoms with Crippen molar-refractivity contribution < 1.29 is 10.1 Å². The van der Waals surface area contributed by atoms with Gasteiger partial charge in [0.05, 0.1) is 5.10 Å². The largest absolute Gasteiger partial charge is 0.366 e. The molecule has 12 nitrogen and oxygen atoms in total. The third kappa shape index (κ3) is 22.8. The Morgan fingerprint density at radius 3 is 1.71 bits per heavy atom. The number of guanidine groups is 2. The van der Waals surface area contributed by atoms with Gasteiger partial charge < -0.3 is 17.2 Å². The van der Waals surface area contributed by atoms with Crippen LogP contribution in [0.25, 0.3) is 0 Å². The molecule has 0 fully saturated rings. The Kier molecular flexibility index (Phi) is 6.96. The summed E-state index contributed by atoms with van der Waals surface area (Å²) in [6.07, 6.45) is 0. The summed E-state index contributed by atoms with van der Waals surface area (Å²) in [7, 11) is 0. The summed E-state index contributed by atoms with van der Waals surface area (Å²) in [5.41, 5.74) is 15.1. The zero-order valence-corrected chi connectivity index (χ0v) is 6.71. The van der Waals surface area contributed by atoms with E-state index in [-0.39, 0.29) is 0 Å². The van der Waals surface area contributed by atoms with Gasteiger partial charge in [-0.15, -0.1) is 0 Å². The summed E-state index contributed by atoms with van der Waals surface area (Å²) >= 11 is 0. The first-order chi connectivity index (χ1) is 6.25. The zero-order chi connectivity index (χ0) is 11.7. The molecule has 0 atom stereocenters. The maximum Gasteiger partial charge on any atom is 0.263 e. The molecule has 0 spiro atoms. The third-order valence-corrected chi connectivity index (χ3v) is 0.409. The van der Waals surface area contributed by atoms with Crippen molar-refractivity contribution in [3.63, 3.8) is 0 Å². The molecular weight excluding hydrogens is 200 g/mol. The minimum absolute atomic E-state index is 0.537. The Morgan fingerprint density at radius 2 is 1.71 bits per heavy atom. The van der Waals surface area contributed by atoms with Crippen molar-refractivity contribution in [3.8, 4) is 0 Å². The first kappa shape index (κ1) is 13.9. The fraction of sp³-hybridized carbons (Fsp3) is 0. The first-order valence-corrected chi connectivity index (χ1v) is 2.74. The van der Waals surface area contributed by atoms with Crippen LogP contribution in [0, 0.1) is 25.6 Å². The molecule has 0 radical (unpaired) electrons. The van der Waals surface area contributed by atoms with Crippen LogP contribution in [0.15, 0.2) is 5.10 Å². The van der Waals surface area contributed by atoms with Gasteiger partial charge in [-0.1, -0.05) is 5.43 Å². The zero-order valence-electron chi connectivity index (χ0n) is 6.71. The Labute approximate surface area is 76.5 Å². The monoisotopic (exact) mass is 208 g/mol. The molecule has 0 aliphatic rings. The molecular formula is C2H8N8O4. The van der Waals surface area contributed by atoms with Crippen LogP contribution in [0.1, 0.15) is 0 Å². The molecule has 0 aliphatic carbocycles. The van der Waals surface area contributed by atoms with E-state index in [9.17, 15) is 20.2 Å². The van der Waals surface area contributed by atoms with E-state index in [2.05, 4.69) is 22.3 Å². The molecule has 0 aromatic heterocycles. The number of nitrogens with one attached hydrogen (secondary N) is 2. The lowest BCUT2D eigenvalue weighted by Gasteiger charge is -1.86. The quantitative estimate of drug-likeness (QED) is 0.137. The minimum Gasteiger partial charge on any atom is -0.366 e. The van der Waals surface area contributed by atoms with Gasteiger partial charge in [0.2, 0.25) is 5.96 Å². The standard InChI is InChI=1S/2CH4N4O2/c2*2-1(3)4-5(6)7/h2*(H4,2,3,4). The molecule has 12 heteroatoms. The molecule has 0 saturated heterocycles. The van der Waals surface area contributed by atoms with Crippen molar-refractivity contribution >= 4 is 11.9 Å². The van der Waals surface area contributed by atoms with Crippen LogP contribution in [0.5, 0.6) is 0 Å². The number of hydrogen-bond donors (Lipinski definition) is 5. The lowest BCUT2D eigenvalue weighted by atomic mass is 11.1. The summed E-state index contributed by atoms with van der Waals surface area (Å²) in [5.74, 6) is -1.20. The Bertz CT molecular complexity index is 242. The van der Waals surface area contributed by atoms with E-state index >= 15 is 0 Å². The molecule has 0 saturated carbocycles. The molecule has 0 aromatic carbocycles. The number of rotatable bonds is 2. The first-order valence-electron chi connectivity index (χ1n) is 2.74. The smallest absolute Gasteiger partial charge is 0.263 e. The van der Waals surface area contributed by atoms with E-state index in [4.69, 9.17) is 5.41 Å². The van der Waals surface area contributed by atoms with E-state index in [1.54, 1.807) is 0 Å². The highest BCUT2D eigenvalue weighted by Crippen LogP contribution is 1.62. The van der Waals surface area contributed by atoms with E-state index in [0.29, 0.717) is 0 Å². The van der Waals surface area contributed by atoms with Crippen molar-refractivity contribution in [1.82, 2.24) is 5.43 Å². The highest BCUT2D eigenvalue weighted by molar-refractivity contribution is 5.74. The highest BCUT2D eigenvalue weighted by atomic mass is 16.7. The number of hydrogen-bond acceptors (Lipinski definition) is 5. The number of nitro groups is 2. The van der Waals surface area contributed by atoms with E-state index < -0.39 is 22.0 Å². The van der Waals surface area contributed by atoms with Crippen LogP contribution in [0.3, 0.4) is 0 Å². The molecule has 0 heterocycles. The van der Waals surface area contributed by atoms with Gasteiger partial charge in [-0.25, -0.2) is 20.2 Å². The maximum absolute atomic E-state index is 9.28. The molecule has 0 aliphatic heterocycles. The summed E-state index contributed by atoms with van der Waals surface area (Å²) in [6, 6.07) is 0. The van der Waals surface area contributed by atoms with Crippen LogP contribution in [0.4, 0.5) is 0 Å². The van der Waals surface area contributed by atoms with Gasteiger partial charge >= 0.3 is 0 Å². The number of hydrazine groups is 1. The SMILES string of the molecule is N=C(N)N[N+](=O)[O-].NC(N)=N[N+](=O)[O-]. The molecule has 0 amide bonds. The molecule has 14 heavy (non-hydrogen) atoms. The van der Waals surface area contributed by atoms with E-state index in [1.165, 1.54) is 5.43 Å². The van der Waals surface area contributed by atoms with Gasteiger partial charge in [0.15, 0.2) is 10.1 Å². The average molecular weight is 208 g/mol. The Hall–Kier alpha value is -2.66. The fourth-order valence-electron chi connectivity index (χ4n) is 0.193. The second kappa shape index (κ2) is 7.01. The average Bonchev–Trinajstić information content (AvgIpc) is 1.79. The predicted octanol–water partition coefficient (Wildman–Crippen LogP) is -2.89. The van der Waals surface area contributed by atoms with Crippen molar-refractivity contribution in [2.45, 2.75) is 0 Å². The summed E-state index contributed by atoms with van der Waals surface area (Å²) < 4.78 is 0. The van der Waals surface area contributed by atoms with E-state index in [1.807, 2.05) is 0 Å². The van der Waals surface area contributed by atoms with Crippen LogP contribution in [-0.2, 0) is 0 Å². The summed E-state index contributed by atoms with van der Waals surface area (Å²) in [6.45, 7) is 0. The summed E-state index contributed by atoms with van der Waals surface area (Å²) in [5, 5.41) is 25.4. The molecule has 8 N–H and O–H groups in total. The topological polar surface area (TPSA) is 213 Å². The van der Waals surface area contributed by atoms with Gasteiger partial charge in [0, 0.05) is 0 Å². The number of hydrazone groups is 1. The maximum atomic E-state index is 9.28. The van der Waals surface area contributed by atoms with Gasteiger partial charge in [-0.3, -0.25) is 5.41 Å². The number of nitrogens with two attached hydrogens (primary N) is 3. The summed E-state index contributed by atoms with van der Waals surface area (Å²) in [4.78, 5) is 18.6. The Balaban J connectivity index is 0. The van der Waals surface area contributed by atoms with Gasteiger partial charge in [-0.05, 0) is 0 Å². The van der Waals surface area contributed by atoms with Crippen LogP contribution in [-0.4, -0.2) is 22.0 Å². The minimum atomic E-state index is -0.963. The number of nitrogens with zero attached hydrogens (tertiary/aromatic N) is 3. The van der Waals surface area contributed by atoms with E-state index in [0.717, 1.165) is 0 Å². The van der Waals surface area contributed by atoms with Gasteiger partial charge in [0.1, 0.15) is 0 Å². The van der Waals surface area contributed by atoms with Crippen molar-refractivity contribution in [3.05, 3.63) is 20.2 Å².